The Labute approximate surface area is 136 Å². The van der Waals surface area contributed by atoms with Crippen molar-refractivity contribution >= 4 is 5.91 Å². The minimum atomic E-state index is -0.434. The van der Waals surface area contributed by atoms with Crippen molar-refractivity contribution in [1.82, 2.24) is 4.90 Å². The molecule has 1 atom stereocenters. The van der Waals surface area contributed by atoms with Gasteiger partial charge in [-0.2, -0.15) is 0 Å². The molecule has 1 amide bonds. The Hall–Kier alpha value is -2.37. The fraction of sp³-hybridized carbons (Fsp3) is 0.278. The van der Waals surface area contributed by atoms with E-state index in [0.29, 0.717) is 12.1 Å². The predicted octanol–water partition coefficient (Wildman–Crippen LogP) is 1.96. The van der Waals surface area contributed by atoms with Crippen molar-refractivity contribution in [3.8, 4) is 5.75 Å². The van der Waals surface area contributed by atoms with Gasteiger partial charge in [-0.15, -0.1) is 0 Å². The maximum atomic E-state index is 11.1. The van der Waals surface area contributed by atoms with Gasteiger partial charge in [0.05, 0.1) is 19.8 Å². The smallest absolute Gasteiger partial charge is 0.248 e. The Morgan fingerprint density at radius 3 is 2.26 bits per heavy atom. The maximum Gasteiger partial charge on any atom is 0.248 e. The second-order valence-electron chi connectivity index (χ2n) is 5.45. The van der Waals surface area contributed by atoms with Gasteiger partial charge < -0.3 is 15.6 Å². The number of hydrogen-bond acceptors (Lipinski definition) is 4. The molecular formula is C18H22N2O3. The van der Waals surface area contributed by atoms with Crippen molar-refractivity contribution in [2.45, 2.75) is 12.6 Å². The summed E-state index contributed by atoms with van der Waals surface area (Å²) in [6.45, 7) is 0.665. The molecule has 0 aliphatic heterocycles. The van der Waals surface area contributed by atoms with Crippen LogP contribution in [0.3, 0.4) is 0 Å². The van der Waals surface area contributed by atoms with E-state index in [-0.39, 0.29) is 12.6 Å². The number of benzene rings is 2. The maximum absolute atomic E-state index is 11.1. The molecule has 2 aromatic rings. The van der Waals surface area contributed by atoms with Crippen LogP contribution in [0.25, 0.3) is 0 Å². The van der Waals surface area contributed by atoms with Crippen LogP contribution >= 0.6 is 0 Å². The highest BCUT2D eigenvalue weighted by Gasteiger charge is 2.16. The average molecular weight is 314 g/mol. The number of primary amides is 1. The fourth-order valence-corrected chi connectivity index (χ4v) is 2.50. The van der Waals surface area contributed by atoms with Gasteiger partial charge in [-0.05, 0) is 42.4 Å². The predicted molar refractivity (Wildman–Crippen MR) is 89.2 cm³/mol. The number of amides is 1. The second kappa shape index (κ2) is 7.76. The molecule has 0 aliphatic rings. The standard InChI is InChI=1S/C18H22N2O3/c1-20(11-13-3-5-15(6-4-13)18(19)22)17(12-21)14-7-9-16(23-2)10-8-14/h3-10,17,21H,11-12H2,1-2H3,(H2,19,22)/t17-/m0/s1. The molecule has 2 rings (SSSR count). The van der Waals surface area contributed by atoms with E-state index in [9.17, 15) is 9.90 Å². The lowest BCUT2D eigenvalue weighted by atomic mass is 10.0. The van der Waals surface area contributed by atoms with Crippen LogP contribution in [0.15, 0.2) is 48.5 Å². The van der Waals surface area contributed by atoms with Gasteiger partial charge in [0.25, 0.3) is 0 Å². The number of aliphatic hydroxyl groups excluding tert-OH is 1. The summed E-state index contributed by atoms with van der Waals surface area (Å²) >= 11 is 0. The highest BCUT2D eigenvalue weighted by molar-refractivity contribution is 5.92. The lowest BCUT2D eigenvalue weighted by Gasteiger charge is -2.27. The number of nitrogens with zero attached hydrogens (tertiary/aromatic N) is 1. The third-order valence-corrected chi connectivity index (χ3v) is 3.88. The topological polar surface area (TPSA) is 75.8 Å². The van der Waals surface area contributed by atoms with Crippen molar-refractivity contribution in [2.24, 2.45) is 5.73 Å². The minimum absolute atomic E-state index is 0.0161. The zero-order chi connectivity index (χ0) is 16.8. The molecule has 5 nitrogen and oxygen atoms in total. The van der Waals surface area contributed by atoms with Gasteiger partial charge in [-0.3, -0.25) is 9.69 Å². The van der Waals surface area contributed by atoms with E-state index in [0.717, 1.165) is 16.9 Å². The molecule has 0 radical (unpaired) electrons. The van der Waals surface area contributed by atoms with Crippen LogP contribution < -0.4 is 10.5 Å². The molecule has 0 bridgehead atoms. The molecule has 5 heteroatoms. The van der Waals surface area contributed by atoms with Gasteiger partial charge in [-0.1, -0.05) is 24.3 Å². The molecule has 0 aromatic heterocycles. The quantitative estimate of drug-likeness (QED) is 0.819. The van der Waals surface area contributed by atoms with Crippen LogP contribution in [0.4, 0.5) is 0 Å². The molecule has 2 aromatic carbocycles. The van der Waals surface area contributed by atoms with Crippen LogP contribution in [-0.4, -0.2) is 36.7 Å². The molecule has 23 heavy (non-hydrogen) atoms. The number of carbonyl (C=O) groups is 1. The number of likely N-dealkylation sites (N-methyl/N-ethyl adjacent to an activating group) is 1. The molecule has 0 heterocycles. The van der Waals surface area contributed by atoms with Crippen LogP contribution in [0.1, 0.15) is 27.5 Å². The SMILES string of the molecule is COc1ccc([C@H](CO)N(C)Cc2ccc(C(N)=O)cc2)cc1. The molecule has 122 valence electrons. The number of aliphatic hydroxyl groups is 1. The number of hydrogen-bond donors (Lipinski definition) is 2. The minimum Gasteiger partial charge on any atom is -0.497 e. The van der Waals surface area contributed by atoms with Crippen molar-refractivity contribution < 1.29 is 14.6 Å². The summed E-state index contributed by atoms with van der Waals surface area (Å²) in [5, 5.41) is 9.74. The van der Waals surface area contributed by atoms with Crippen molar-refractivity contribution in [2.75, 3.05) is 20.8 Å². The zero-order valence-corrected chi connectivity index (χ0v) is 13.4. The van der Waals surface area contributed by atoms with Crippen LogP contribution in [0.5, 0.6) is 5.75 Å². The second-order valence-corrected chi connectivity index (χ2v) is 5.45. The Morgan fingerprint density at radius 1 is 1.17 bits per heavy atom. The van der Waals surface area contributed by atoms with Gasteiger partial charge >= 0.3 is 0 Å². The first-order valence-corrected chi connectivity index (χ1v) is 7.39. The first-order chi connectivity index (χ1) is 11.0. The van der Waals surface area contributed by atoms with Crippen LogP contribution in [0.2, 0.25) is 0 Å². The largest absolute Gasteiger partial charge is 0.497 e. The number of rotatable bonds is 7. The zero-order valence-electron chi connectivity index (χ0n) is 13.4. The molecule has 3 N–H and O–H groups in total. The Morgan fingerprint density at radius 2 is 1.78 bits per heavy atom. The monoisotopic (exact) mass is 314 g/mol. The van der Waals surface area contributed by atoms with Crippen molar-refractivity contribution in [3.63, 3.8) is 0 Å². The van der Waals surface area contributed by atoms with E-state index >= 15 is 0 Å². The van der Waals surface area contributed by atoms with Gasteiger partial charge in [0.15, 0.2) is 0 Å². The van der Waals surface area contributed by atoms with E-state index < -0.39 is 5.91 Å². The summed E-state index contributed by atoms with van der Waals surface area (Å²) in [4.78, 5) is 13.2. The number of carbonyl (C=O) groups excluding carboxylic acids is 1. The van der Waals surface area contributed by atoms with Crippen LogP contribution in [-0.2, 0) is 6.54 Å². The molecule has 0 saturated carbocycles. The summed E-state index contributed by atoms with van der Waals surface area (Å²) in [5.41, 5.74) is 7.80. The lowest BCUT2D eigenvalue weighted by Crippen LogP contribution is -2.27. The van der Waals surface area contributed by atoms with E-state index in [1.807, 2.05) is 43.4 Å². The van der Waals surface area contributed by atoms with Gasteiger partial charge in [0.2, 0.25) is 5.91 Å². The molecule has 0 aliphatic carbocycles. The van der Waals surface area contributed by atoms with E-state index in [2.05, 4.69) is 4.90 Å². The van der Waals surface area contributed by atoms with Gasteiger partial charge in [-0.25, -0.2) is 0 Å². The third kappa shape index (κ3) is 4.31. The first-order valence-electron chi connectivity index (χ1n) is 7.39. The van der Waals surface area contributed by atoms with E-state index in [1.54, 1.807) is 19.2 Å². The Bertz CT molecular complexity index is 638. The van der Waals surface area contributed by atoms with Gasteiger partial charge in [0, 0.05) is 12.1 Å². The Balaban J connectivity index is 2.09. The summed E-state index contributed by atoms with van der Waals surface area (Å²) in [5.74, 6) is 0.353. The summed E-state index contributed by atoms with van der Waals surface area (Å²) in [6, 6.07) is 14.7. The Kier molecular flexibility index (Phi) is 5.73. The summed E-state index contributed by atoms with van der Waals surface area (Å²) in [7, 11) is 3.58. The molecule has 0 fully saturated rings. The van der Waals surface area contributed by atoms with Crippen molar-refractivity contribution in [3.05, 3.63) is 65.2 Å². The van der Waals surface area contributed by atoms with E-state index in [1.165, 1.54) is 0 Å². The number of methoxy groups -OCH3 is 1. The molecule has 0 spiro atoms. The fourth-order valence-electron chi connectivity index (χ4n) is 2.50. The summed E-state index contributed by atoms with van der Waals surface area (Å²) in [6.07, 6.45) is 0. The van der Waals surface area contributed by atoms with Crippen molar-refractivity contribution in [1.29, 1.82) is 0 Å². The third-order valence-electron chi connectivity index (χ3n) is 3.88. The number of nitrogens with two attached hydrogens (primary N) is 1. The highest BCUT2D eigenvalue weighted by Crippen LogP contribution is 2.23. The number of ether oxygens (including phenoxy) is 1. The molecule has 0 saturated heterocycles. The normalized spacial score (nSPS) is 12.2. The summed E-state index contributed by atoms with van der Waals surface area (Å²) < 4.78 is 5.16. The first kappa shape index (κ1) is 17.0. The lowest BCUT2D eigenvalue weighted by molar-refractivity contribution is 0.100. The van der Waals surface area contributed by atoms with E-state index in [4.69, 9.17) is 10.5 Å². The molecule has 0 unspecified atom stereocenters. The molecular weight excluding hydrogens is 292 g/mol. The average Bonchev–Trinajstić information content (AvgIpc) is 2.56. The van der Waals surface area contributed by atoms with Gasteiger partial charge in [0.1, 0.15) is 5.75 Å². The van der Waals surface area contributed by atoms with Crippen LogP contribution in [0, 0.1) is 0 Å². The highest BCUT2D eigenvalue weighted by atomic mass is 16.5.